The number of hydrogen-bond acceptors (Lipinski definition) is 4. The molecule has 0 saturated carbocycles. The van der Waals surface area contributed by atoms with Crippen molar-refractivity contribution in [1.29, 1.82) is 0 Å². The summed E-state index contributed by atoms with van der Waals surface area (Å²) in [7, 11) is 1.65. The smallest absolute Gasteiger partial charge is 0.170 e. The van der Waals surface area contributed by atoms with Gasteiger partial charge in [-0.05, 0) is 6.07 Å². The van der Waals surface area contributed by atoms with Gasteiger partial charge in [-0.3, -0.25) is 4.99 Å². The van der Waals surface area contributed by atoms with Gasteiger partial charge in [0.2, 0.25) is 0 Å². The van der Waals surface area contributed by atoms with Gasteiger partial charge in [0.25, 0.3) is 0 Å². The number of phenolic OH excluding ortho intramolecular Hbond substituents is 1. The van der Waals surface area contributed by atoms with Gasteiger partial charge in [-0.15, -0.1) is 0 Å². The lowest BCUT2D eigenvalue weighted by Gasteiger charge is -1.99. The number of nitrogens with zero attached hydrogens (tertiary/aromatic N) is 3. The third-order valence-corrected chi connectivity index (χ3v) is 1.85. The molecule has 0 radical (unpaired) electrons. The number of rotatable bonds is 1. The predicted octanol–water partition coefficient (Wildman–Crippen LogP) is 1.38. The Morgan fingerprint density at radius 2 is 2.29 bits per heavy atom. The largest absolute Gasteiger partial charge is 0.506 e. The molecule has 0 atom stereocenters. The average Bonchev–Trinajstić information content (AvgIpc) is 2.20. The summed E-state index contributed by atoms with van der Waals surface area (Å²) >= 11 is 0. The summed E-state index contributed by atoms with van der Waals surface area (Å²) in [5, 5.41) is 10.3. The fourth-order valence-electron chi connectivity index (χ4n) is 1.23. The molecule has 2 aromatic rings. The molecule has 1 N–H and O–H groups in total. The molecule has 70 valence electrons. The highest BCUT2D eigenvalue weighted by Gasteiger charge is 2.01. The van der Waals surface area contributed by atoms with E-state index in [2.05, 4.69) is 15.0 Å². The molecule has 0 spiro atoms. The van der Waals surface area contributed by atoms with E-state index in [-0.39, 0.29) is 5.75 Å². The van der Waals surface area contributed by atoms with Crippen LogP contribution in [0.2, 0.25) is 0 Å². The second-order valence-electron chi connectivity index (χ2n) is 2.83. The summed E-state index contributed by atoms with van der Waals surface area (Å²) in [6.45, 7) is 0. The zero-order valence-electron chi connectivity index (χ0n) is 7.68. The average molecular weight is 187 g/mol. The highest BCUT2D eigenvalue weighted by molar-refractivity contribution is 5.86. The second-order valence-corrected chi connectivity index (χ2v) is 2.83. The Morgan fingerprint density at radius 3 is 3.07 bits per heavy atom. The summed E-state index contributed by atoms with van der Waals surface area (Å²) in [4.78, 5) is 12.0. The first kappa shape index (κ1) is 8.62. The molecule has 1 heterocycles. The summed E-state index contributed by atoms with van der Waals surface area (Å²) in [6, 6.07) is 5.21. The highest BCUT2D eigenvalue weighted by atomic mass is 16.3. The third-order valence-electron chi connectivity index (χ3n) is 1.85. The van der Waals surface area contributed by atoms with Crippen LogP contribution in [0.1, 0.15) is 5.82 Å². The molecular formula is C10H9N3O. The molecule has 4 heteroatoms. The van der Waals surface area contributed by atoms with Crippen molar-refractivity contribution in [3.05, 3.63) is 30.2 Å². The van der Waals surface area contributed by atoms with E-state index < -0.39 is 0 Å². The molecule has 0 saturated heterocycles. The van der Waals surface area contributed by atoms with Gasteiger partial charge in [-0.1, -0.05) is 12.1 Å². The zero-order valence-corrected chi connectivity index (χ0v) is 7.68. The van der Waals surface area contributed by atoms with Crippen LogP contribution in [0.25, 0.3) is 10.9 Å². The number of aliphatic imine (C=N–C) groups is 1. The lowest BCUT2D eigenvalue weighted by molar-refractivity contribution is 0.480. The van der Waals surface area contributed by atoms with Gasteiger partial charge in [0, 0.05) is 18.6 Å². The van der Waals surface area contributed by atoms with E-state index in [1.807, 2.05) is 6.07 Å². The molecule has 0 aliphatic heterocycles. The topological polar surface area (TPSA) is 58.4 Å². The van der Waals surface area contributed by atoms with E-state index in [1.165, 1.54) is 0 Å². The Labute approximate surface area is 81.0 Å². The second kappa shape index (κ2) is 3.41. The van der Waals surface area contributed by atoms with Crippen molar-refractivity contribution in [2.45, 2.75) is 0 Å². The van der Waals surface area contributed by atoms with E-state index >= 15 is 0 Å². The van der Waals surface area contributed by atoms with E-state index in [1.54, 1.807) is 31.6 Å². The van der Waals surface area contributed by atoms with Gasteiger partial charge >= 0.3 is 0 Å². The van der Waals surface area contributed by atoms with E-state index in [9.17, 15) is 5.11 Å². The Morgan fingerprint density at radius 1 is 1.43 bits per heavy atom. The fraction of sp³-hybridized carbons (Fsp3) is 0.100. The minimum atomic E-state index is 0.163. The molecule has 1 aromatic carbocycles. The van der Waals surface area contributed by atoms with Crippen molar-refractivity contribution in [1.82, 2.24) is 9.97 Å². The molecule has 1 aromatic heterocycles. The highest BCUT2D eigenvalue weighted by Crippen LogP contribution is 2.20. The number of fused-ring (bicyclic) bond motifs is 1. The lowest BCUT2D eigenvalue weighted by atomic mass is 10.2. The van der Waals surface area contributed by atoms with Crippen LogP contribution in [0.4, 0.5) is 0 Å². The fourth-order valence-corrected chi connectivity index (χ4v) is 1.23. The van der Waals surface area contributed by atoms with Crippen LogP contribution in [0.5, 0.6) is 5.75 Å². The zero-order chi connectivity index (χ0) is 9.97. The molecule has 0 fully saturated rings. The molecule has 14 heavy (non-hydrogen) atoms. The first-order chi connectivity index (χ1) is 6.81. The van der Waals surface area contributed by atoms with Crippen LogP contribution in [-0.4, -0.2) is 28.3 Å². The van der Waals surface area contributed by atoms with Crippen LogP contribution < -0.4 is 0 Å². The van der Waals surface area contributed by atoms with Gasteiger partial charge in [0.15, 0.2) is 5.82 Å². The Bertz CT molecular complexity index is 494. The van der Waals surface area contributed by atoms with E-state index in [0.717, 1.165) is 5.39 Å². The number of aromatic nitrogens is 2. The van der Waals surface area contributed by atoms with E-state index in [0.29, 0.717) is 11.3 Å². The minimum Gasteiger partial charge on any atom is -0.506 e. The quantitative estimate of drug-likeness (QED) is 0.686. The van der Waals surface area contributed by atoms with E-state index in [4.69, 9.17) is 0 Å². The standard InChI is InChI=1S/C10H9N3O/c1-11-6-9-12-5-7-3-2-4-8(14)10(7)13-9/h2-6,14H,1H3. The maximum absolute atomic E-state index is 9.53. The van der Waals surface area contributed by atoms with Gasteiger partial charge in [-0.2, -0.15) is 0 Å². The third kappa shape index (κ3) is 1.42. The molecule has 0 amide bonds. The van der Waals surface area contributed by atoms with Crippen molar-refractivity contribution >= 4 is 17.1 Å². The monoisotopic (exact) mass is 187 g/mol. The molecule has 2 rings (SSSR count). The predicted molar refractivity (Wildman–Crippen MR) is 54.7 cm³/mol. The van der Waals surface area contributed by atoms with Crippen LogP contribution >= 0.6 is 0 Å². The molecule has 0 aliphatic carbocycles. The maximum atomic E-state index is 9.53. The van der Waals surface area contributed by atoms with Crippen molar-refractivity contribution < 1.29 is 5.11 Å². The normalized spacial score (nSPS) is 11.2. The van der Waals surface area contributed by atoms with Crippen molar-refractivity contribution in [2.75, 3.05) is 7.05 Å². The van der Waals surface area contributed by atoms with Crippen LogP contribution in [0.3, 0.4) is 0 Å². The summed E-state index contributed by atoms with van der Waals surface area (Å²) in [5.41, 5.74) is 0.553. The number of para-hydroxylation sites is 1. The van der Waals surface area contributed by atoms with Gasteiger partial charge in [-0.25, -0.2) is 9.97 Å². The molecule has 0 unspecified atom stereocenters. The number of phenols is 1. The van der Waals surface area contributed by atoms with Crippen LogP contribution in [-0.2, 0) is 0 Å². The summed E-state index contributed by atoms with van der Waals surface area (Å²) in [5.74, 6) is 0.664. The summed E-state index contributed by atoms with van der Waals surface area (Å²) in [6.07, 6.45) is 3.21. The van der Waals surface area contributed by atoms with Crippen LogP contribution in [0.15, 0.2) is 29.4 Å². The Hall–Kier alpha value is -1.97. The maximum Gasteiger partial charge on any atom is 0.170 e. The van der Waals surface area contributed by atoms with Gasteiger partial charge in [0.1, 0.15) is 11.3 Å². The molecule has 4 nitrogen and oxygen atoms in total. The van der Waals surface area contributed by atoms with Crippen molar-refractivity contribution in [3.8, 4) is 5.75 Å². The molecular weight excluding hydrogens is 178 g/mol. The molecule has 0 aliphatic rings. The van der Waals surface area contributed by atoms with Crippen LogP contribution in [0, 0.1) is 0 Å². The number of aromatic hydroxyl groups is 1. The summed E-state index contributed by atoms with van der Waals surface area (Å²) < 4.78 is 0. The number of hydrogen-bond donors (Lipinski definition) is 1. The first-order valence-corrected chi connectivity index (χ1v) is 4.18. The lowest BCUT2D eigenvalue weighted by Crippen LogP contribution is -1.93. The number of benzene rings is 1. The SMILES string of the molecule is CN=Cc1ncc2cccc(O)c2n1. The van der Waals surface area contributed by atoms with Gasteiger partial charge in [0.05, 0.1) is 6.21 Å². The van der Waals surface area contributed by atoms with Crippen molar-refractivity contribution in [2.24, 2.45) is 4.99 Å². The van der Waals surface area contributed by atoms with Crippen molar-refractivity contribution in [3.63, 3.8) is 0 Å². The van der Waals surface area contributed by atoms with Gasteiger partial charge < -0.3 is 5.11 Å². The first-order valence-electron chi connectivity index (χ1n) is 4.18. The Kier molecular flexibility index (Phi) is 2.10. The minimum absolute atomic E-state index is 0.163. The Balaban J connectivity index is 2.69. The molecule has 0 bridgehead atoms.